The van der Waals surface area contributed by atoms with Crippen molar-refractivity contribution in [2.45, 2.75) is 6.42 Å². The monoisotopic (exact) mass is 398 g/mol. The second-order valence-electron chi connectivity index (χ2n) is 6.52. The number of rotatable bonds is 6. The molecule has 0 atom stereocenters. The summed E-state index contributed by atoms with van der Waals surface area (Å²) in [7, 11) is 0. The van der Waals surface area contributed by atoms with Gasteiger partial charge in [0.15, 0.2) is 10.9 Å². The first-order valence-corrected chi connectivity index (χ1v) is 10.0. The minimum atomic E-state index is -0.246. The third kappa shape index (κ3) is 4.65. The van der Waals surface area contributed by atoms with Crippen molar-refractivity contribution in [1.82, 2.24) is 4.98 Å². The standard InChI is InChI=1S/C24H18N2O2S/c27-22(18-9-5-2-6-10-18)19-11-13-20(14-12-19)23(28)26-24-25-16-21(29-24)15-17-7-3-1-4-8-17/h1-14,16H,15H2,(H,25,26,28). The SMILES string of the molecule is O=C(Nc1ncc(Cc2ccccc2)s1)c1ccc(C(=O)c2ccccc2)cc1. The van der Waals surface area contributed by atoms with Crippen molar-refractivity contribution in [1.29, 1.82) is 0 Å². The molecule has 0 aliphatic heterocycles. The summed E-state index contributed by atoms with van der Waals surface area (Å²) in [6.45, 7) is 0. The molecule has 0 spiro atoms. The average Bonchev–Trinajstić information content (AvgIpc) is 3.21. The third-order valence-electron chi connectivity index (χ3n) is 4.44. The van der Waals surface area contributed by atoms with Gasteiger partial charge in [0, 0.05) is 34.2 Å². The molecule has 0 aliphatic rings. The van der Waals surface area contributed by atoms with E-state index in [4.69, 9.17) is 0 Å². The number of hydrogen-bond donors (Lipinski definition) is 1. The van der Waals surface area contributed by atoms with Crippen molar-refractivity contribution in [3.8, 4) is 0 Å². The topological polar surface area (TPSA) is 59.1 Å². The van der Waals surface area contributed by atoms with Gasteiger partial charge in [0.05, 0.1) is 0 Å². The van der Waals surface area contributed by atoms with E-state index >= 15 is 0 Å². The van der Waals surface area contributed by atoms with E-state index < -0.39 is 0 Å². The van der Waals surface area contributed by atoms with Crippen molar-refractivity contribution in [3.05, 3.63) is 118 Å². The highest BCUT2D eigenvalue weighted by Crippen LogP contribution is 2.22. The Kier molecular flexibility index (Phi) is 5.59. The Morgan fingerprint density at radius 3 is 2.03 bits per heavy atom. The van der Waals surface area contributed by atoms with Gasteiger partial charge in [-0.25, -0.2) is 4.98 Å². The van der Waals surface area contributed by atoms with Gasteiger partial charge < -0.3 is 0 Å². The Morgan fingerprint density at radius 2 is 1.34 bits per heavy atom. The lowest BCUT2D eigenvalue weighted by Crippen LogP contribution is -2.12. The molecule has 3 aromatic carbocycles. The lowest BCUT2D eigenvalue weighted by atomic mass is 10.0. The maximum atomic E-state index is 12.5. The summed E-state index contributed by atoms with van der Waals surface area (Å²) in [4.78, 5) is 30.3. The number of hydrogen-bond acceptors (Lipinski definition) is 4. The van der Waals surface area contributed by atoms with E-state index in [0.717, 1.165) is 11.3 Å². The maximum Gasteiger partial charge on any atom is 0.257 e. The van der Waals surface area contributed by atoms with Gasteiger partial charge in [0.25, 0.3) is 5.91 Å². The maximum absolute atomic E-state index is 12.5. The fourth-order valence-electron chi connectivity index (χ4n) is 2.94. The zero-order valence-electron chi connectivity index (χ0n) is 15.5. The molecular weight excluding hydrogens is 380 g/mol. The van der Waals surface area contributed by atoms with Crippen LogP contribution in [0.25, 0.3) is 0 Å². The van der Waals surface area contributed by atoms with E-state index in [0.29, 0.717) is 21.8 Å². The van der Waals surface area contributed by atoms with Crippen LogP contribution >= 0.6 is 11.3 Å². The summed E-state index contributed by atoms with van der Waals surface area (Å²) in [5.41, 5.74) is 2.85. The number of carbonyl (C=O) groups excluding carboxylic acids is 2. The van der Waals surface area contributed by atoms with Crippen LogP contribution in [0.4, 0.5) is 5.13 Å². The van der Waals surface area contributed by atoms with Gasteiger partial charge in [0.2, 0.25) is 0 Å². The molecule has 142 valence electrons. The highest BCUT2D eigenvalue weighted by molar-refractivity contribution is 7.15. The van der Waals surface area contributed by atoms with Gasteiger partial charge in [0.1, 0.15) is 0 Å². The van der Waals surface area contributed by atoms with E-state index in [9.17, 15) is 9.59 Å². The number of aromatic nitrogens is 1. The summed E-state index contributed by atoms with van der Waals surface area (Å²) in [5, 5.41) is 3.39. The van der Waals surface area contributed by atoms with Crippen LogP contribution in [0.15, 0.2) is 91.1 Å². The van der Waals surface area contributed by atoms with Crippen LogP contribution < -0.4 is 5.32 Å². The Labute approximate surface area is 172 Å². The molecule has 1 heterocycles. The molecule has 0 unspecified atom stereocenters. The van der Waals surface area contributed by atoms with Crippen LogP contribution in [0, 0.1) is 0 Å². The molecule has 4 aromatic rings. The molecular formula is C24H18N2O2S. The molecule has 0 aliphatic carbocycles. The number of ketones is 1. The van der Waals surface area contributed by atoms with Crippen LogP contribution in [-0.4, -0.2) is 16.7 Å². The second-order valence-corrected chi connectivity index (χ2v) is 7.64. The number of anilines is 1. The molecule has 4 nitrogen and oxygen atoms in total. The second kappa shape index (κ2) is 8.63. The fourth-order valence-corrected chi connectivity index (χ4v) is 3.78. The normalized spacial score (nSPS) is 10.5. The first-order valence-electron chi connectivity index (χ1n) is 9.19. The van der Waals surface area contributed by atoms with Crippen molar-refractivity contribution in [3.63, 3.8) is 0 Å². The Hall–Kier alpha value is -3.57. The number of amides is 1. The van der Waals surface area contributed by atoms with Gasteiger partial charge in [-0.3, -0.25) is 14.9 Å². The number of carbonyl (C=O) groups is 2. The molecule has 4 rings (SSSR count). The number of nitrogens with zero attached hydrogens (tertiary/aromatic N) is 1. The Bertz CT molecular complexity index is 1120. The predicted octanol–water partition coefficient (Wildman–Crippen LogP) is 5.22. The largest absolute Gasteiger partial charge is 0.298 e. The van der Waals surface area contributed by atoms with Crippen LogP contribution in [-0.2, 0) is 6.42 Å². The van der Waals surface area contributed by atoms with Crippen molar-refractivity contribution < 1.29 is 9.59 Å². The molecule has 0 radical (unpaired) electrons. The lowest BCUT2D eigenvalue weighted by molar-refractivity contribution is 0.102. The molecule has 1 N–H and O–H groups in total. The average molecular weight is 398 g/mol. The Balaban J connectivity index is 1.41. The van der Waals surface area contributed by atoms with Crippen LogP contribution in [0.2, 0.25) is 0 Å². The molecule has 0 saturated heterocycles. The van der Waals surface area contributed by atoms with Gasteiger partial charge >= 0.3 is 0 Å². The van der Waals surface area contributed by atoms with Gasteiger partial charge in [-0.15, -0.1) is 11.3 Å². The zero-order chi connectivity index (χ0) is 20.1. The molecule has 5 heteroatoms. The van der Waals surface area contributed by atoms with Crippen LogP contribution in [0.1, 0.15) is 36.7 Å². The van der Waals surface area contributed by atoms with Crippen molar-refractivity contribution in [2.24, 2.45) is 0 Å². The summed E-state index contributed by atoms with van der Waals surface area (Å²) in [6, 6.07) is 25.9. The minimum absolute atomic E-state index is 0.0666. The smallest absolute Gasteiger partial charge is 0.257 e. The molecule has 0 bridgehead atoms. The van der Waals surface area contributed by atoms with E-state index in [-0.39, 0.29) is 11.7 Å². The number of nitrogens with one attached hydrogen (secondary N) is 1. The summed E-state index contributed by atoms with van der Waals surface area (Å²) < 4.78 is 0. The van der Waals surface area contributed by atoms with E-state index in [1.165, 1.54) is 16.9 Å². The van der Waals surface area contributed by atoms with Gasteiger partial charge in [-0.05, 0) is 17.7 Å². The highest BCUT2D eigenvalue weighted by atomic mass is 32.1. The quantitative estimate of drug-likeness (QED) is 0.453. The van der Waals surface area contributed by atoms with E-state index in [1.54, 1.807) is 42.6 Å². The molecule has 1 aromatic heterocycles. The number of benzene rings is 3. The fraction of sp³-hybridized carbons (Fsp3) is 0.0417. The minimum Gasteiger partial charge on any atom is -0.298 e. The number of thiazole rings is 1. The first kappa shape index (κ1) is 18.8. The van der Waals surface area contributed by atoms with Gasteiger partial charge in [-0.1, -0.05) is 72.8 Å². The van der Waals surface area contributed by atoms with Gasteiger partial charge in [-0.2, -0.15) is 0 Å². The van der Waals surface area contributed by atoms with Crippen molar-refractivity contribution in [2.75, 3.05) is 5.32 Å². The third-order valence-corrected chi connectivity index (χ3v) is 5.35. The first-order chi connectivity index (χ1) is 14.2. The van der Waals surface area contributed by atoms with Crippen LogP contribution in [0.3, 0.4) is 0 Å². The molecule has 29 heavy (non-hydrogen) atoms. The summed E-state index contributed by atoms with van der Waals surface area (Å²) in [6.07, 6.45) is 2.57. The highest BCUT2D eigenvalue weighted by Gasteiger charge is 2.12. The molecule has 1 amide bonds. The molecule has 0 saturated carbocycles. The predicted molar refractivity (Wildman–Crippen MR) is 116 cm³/mol. The zero-order valence-corrected chi connectivity index (χ0v) is 16.4. The summed E-state index contributed by atoms with van der Waals surface area (Å²) >= 11 is 1.46. The molecule has 0 fully saturated rings. The van der Waals surface area contributed by atoms with Crippen molar-refractivity contribution >= 4 is 28.2 Å². The van der Waals surface area contributed by atoms with Crippen LogP contribution in [0.5, 0.6) is 0 Å². The Morgan fingerprint density at radius 1 is 0.759 bits per heavy atom. The van der Waals surface area contributed by atoms with E-state index in [2.05, 4.69) is 22.4 Å². The van der Waals surface area contributed by atoms with E-state index in [1.807, 2.05) is 36.4 Å². The summed E-state index contributed by atoms with van der Waals surface area (Å²) in [5.74, 6) is -0.313. The lowest BCUT2D eigenvalue weighted by Gasteiger charge is -2.04.